The molecular weight excluding hydrogens is 198 g/mol. The topological polar surface area (TPSA) is 32.3 Å². The fourth-order valence-electron chi connectivity index (χ4n) is 2.90. The summed E-state index contributed by atoms with van der Waals surface area (Å²) in [6.07, 6.45) is 5.36. The van der Waals surface area contributed by atoms with Gasteiger partial charge in [0.1, 0.15) is 0 Å². The first-order chi connectivity index (χ1) is 7.56. The Bertz CT molecular complexity index is 191. The molecular formula is C14H29NO. The highest BCUT2D eigenvalue weighted by Crippen LogP contribution is 2.30. The molecule has 16 heavy (non-hydrogen) atoms. The first kappa shape index (κ1) is 14.0. The van der Waals surface area contributed by atoms with Crippen LogP contribution in [0.4, 0.5) is 0 Å². The fraction of sp³-hybridized carbons (Fsp3) is 1.00. The van der Waals surface area contributed by atoms with E-state index in [4.69, 9.17) is 0 Å². The van der Waals surface area contributed by atoms with Crippen molar-refractivity contribution >= 4 is 0 Å². The van der Waals surface area contributed by atoms with E-state index >= 15 is 0 Å². The molecule has 2 N–H and O–H groups in total. The van der Waals surface area contributed by atoms with Crippen LogP contribution in [0.2, 0.25) is 0 Å². The van der Waals surface area contributed by atoms with Gasteiger partial charge in [0.25, 0.3) is 0 Å². The van der Waals surface area contributed by atoms with E-state index in [1.165, 1.54) is 25.7 Å². The zero-order chi connectivity index (χ0) is 12.1. The quantitative estimate of drug-likeness (QED) is 0.757. The van der Waals surface area contributed by atoms with Gasteiger partial charge in [0.15, 0.2) is 0 Å². The minimum Gasteiger partial charge on any atom is -0.395 e. The van der Waals surface area contributed by atoms with Crippen LogP contribution in [0.5, 0.6) is 0 Å². The lowest BCUT2D eigenvalue weighted by atomic mass is 9.77. The summed E-state index contributed by atoms with van der Waals surface area (Å²) in [7, 11) is 0. The summed E-state index contributed by atoms with van der Waals surface area (Å²) in [5, 5.41) is 13.1. The van der Waals surface area contributed by atoms with Crippen molar-refractivity contribution in [3.05, 3.63) is 0 Å². The highest BCUT2D eigenvalue weighted by atomic mass is 16.3. The molecule has 2 heteroatoms. The highest BCUT2D eigenvalue weighted by molar-refractivity contribution is 4.86. The van der Waals surface area contributed by atoms with Gasteiger partial charge in [0.05, 0.1) is 6.61 Å². The largest absolute Gasteiger partial charge is 0.395 e. The molecule has 1 aliphatic rings. The lowest BCUT2D eigenvalue weighted by Gasteiger charge is -2.38. The molecule has 0 spiro atoms. The molecule has 0 amide bonds. The molecule has 0 aromatic rings. The Hall–Kier alpha value is -0.0800. The van der Waals surface area contributed by atoms with Crippen LogP contribution < -0.4 is 5.32 Å². The molecule has 2 unspecified atom stereocenters. The monoisotopic (exact) mass is 227 g/mol. The lowest BCUT2D eigenvalue weighted by molar-refractivity contribution is 0.144. The molecule has 1 fully saturated rings. The van der Waals surface area contributed by atoms with E-state index in [1.807, 2.05) is 0 Å². The van der Waals surface area contributed by atoms with Gasteiger partial charge < -0.3 is 10.4 Å². The van der Waals surface area contributed by atoms with Crippen molar-refractivity contribution in [3.63, 3.8) is 0 Å². The molecule has 96 valence electrons. The van der Waals surface area contributed by atoms with Crippen molar-refractivity contribution < 1.29 is 5.11 Å². The van der Waals surface area contributed by atoms with Gasteiger partial charge in [0.2, 0.25) is 0 Å². The second kappa shape index (κ2) is 6.61. The van der Waals surface area contributed by atoms with Crippen LogP contribution in [0.3, 0.4) is 0 Å². The Morgan fingerprint density at radius 3 is 2.25 bits per heavy atom. The zero-order valence-corrected chi connectivity index (χ0v) is 11.4. The maximum atomic E-state index is 9.39. The summed E-state index contributed by atoms with van der Waals surface area (Å²) in [6, 6.07) is 0.887. The number of aliphatic hydroxyl groups is 1. The number of rotatable bonds is 5. The van der Waals surface area contributed by atoms with Crippen molar-refractivity contribution in [2.75, 3.05) is 6.61 Å². The summed E-state index contributed by atoms with van der Waals surface area (Å²) in [5.41, 5.74) is 0. The van der Waals surface area contributed by atoms with Crippen LogP contribution in [0.15, 0.2) is 0 Å². The molecule has 3 atom stereocenters. The first-order valence-corrected chi connectivity index (χ1v) is 6.93. The van der Waals surface area contributed by atoms with Gasteiger partial charge in [0, 0.05) is 12.1 Å². The zero-order valence-electron chi connectivity index (χ0n) is 11.4. The Kier molecular flexibility index (Phi) is 5.77. The summed E-state index contributed by atoms with van der Waals surface area (Å²) in [5.74, 6) is 2.06. The molecule has 1 saturated carbocycles. The SMILES string of the molecule is CC(C)C1CCCCC1N[C@H](CO)C(C)C. The predicted octanol–water partition coefficient (Wildman–Crippen LogP) is 2.81. The van der Waals surface area contributed by atoms with E-state index in [2.05, 4.69) is 33.0 Å². The van der Waals surface area contributed by atoms with Gasteiger partial charge in [-0.2, -0.15) is 0 Å². The van der Waals surface area contributed by atoms with Gasteiger partial charge >= 0.3 is 0 Å². The van der Waals surface area contributed by atoms with Crippen LogP contribution >= 0.6 is 0 Å². The molecule has 0 bridgehead atoms. The van der Waals surface area contributed by atoms with E-state index in [9.17, 15) is 5.11 Å². The number of hydrogen-bond donors (Lipinski definition) is 2. The second-order valence-electron chi connectivity index (χ2n) is 6.00. The van der Waals surface area contributed by atoms with Gasteiger partial charge in [-0.05, 0) is 30.6 Å². The summed E-state index contributed by atoms with van der Waals surface area (Å²) in [6.45, 7) is 9.28. The van der Waals surface area contributed by atoms with Gasteiger partial charge in [-0.25, -0.2) is 0 Å². The minimum atomic E-state index is 0.263. The van der Waals surface area contributed by atoms with Gasteiger partial charge in [-0.3, -0.25) is 0 Å². The Morgan fingerprint density at radius 2 is 1.75 bits per heavy atom. The normalized spacial score (nSPS) is 28.7. The van der Waals surface area contributed by atoms with Gasteiger partial charge in [-0.1, -0.05) is 40.5 Å². The Balaban J connectivity index is 2.54. The number of aliphatic hydroxyl groups excluding tert-OH is 1. The summed E-state index contributed by atoms with van der Waals surface area (Å²) in [4.78, 5) is 0. The highest BCUT2D eigenvalue weighted by Gasteiger charge is 2.29. The Morgan fingerprint density at radius 1 is 1.12 bits per heavy atom. The third-order valence-electron chi connectivity index (χ3n) is 4.11. The van der Waals surface area contributed by atoms with E-state index in [0.717, 1.165) is 11.8 Å². The van der Waals surface area contributed by atoms with Crippen LogP contribution in [-0.4, -0.2) is 23.8 Å². The minimum absolute atomic E-state index is 0.263. The fourth-order valence-corrected chi connectivity index (χ4v) is 2.90. The van der Waals surface area contributed by atoms with Crippen LogP contribution in [0.1, 0.15) is 53.4 Å². The van der Waals surface area contributed by atoms with Crippen molar-refractivity contribution in [3.8, 4) is 0 Å². The number of nitrogens with one attached hydrogen (secondary N) is 1. The van der Waals surface area contributed by atoms with E-state index < -0.39 is 0 Å². The summed E-state index contributed by atoms with van der Waals surface area (Å²) >= 11 is 0. The smallest absolute Gasteiger partial charge is 0.0587 e. The van der Waals surface area contributed by atoms with E-state index in [1.54, 1.807) is 0 Å². The summed E-state index contributed by atoms with van der Waals surface area (Å²) < 4.78 is 0. The van der Waals surface area contributed by atoms with Crippen molar-refractivity contribution in [2.24, 2.45) is 17.8 Å². The van der Waals surface area contributed by atoms with Crippen LogP contribution in [0.25, 0.3) is 0 Å². The molecule has 0 saturated heterocycles. The lowest BCUT2D eigenvalue weighted by Crippen LogP contribution is -2.49. The van der Waals surface area contributed by atoms with Crippen LogP contribution in [-0.2, 0) is 0 Å². The Labute approximate surface area is 101 Å². The van der Waals surface area contributed by atoms with Gasteiger partial charge in [-0.15, -0.1) is 0 Å². The van der Waals surface area contributed by atoms with E-state index in [0.29, 0.717) is 12.0 Å². The molecule has 2 nitrogen and oxygen atoms in total. The molecule has 0 aromatic carbocycles. The average Bonchev–Trinajstić information content (AvgIpc) is 2.25. The molecule has 0 radical (unpaired) electrons. The average molecular weight is 227 g/mol. The van der Waals surface area contributed by atoms with E-state index in [-0.39, 0.29) is 12.6 Å². The second-order valence-corrected chi connectivity index (χ2v) is 6.00. The molecule has 0 heterocycles. The predicted molar refractivity (Wildman–Crippen MR) is 69.4 cm³/mol. The maximum absolute atomic E-state index is 9.39. The van der Waals surface area contributed by atoms with Crippen molar-refractivity contribution in [2.45, 2.75) is 65.5 Å². The third-order valence-corrected chi connectivity index (χ3v) is 4.11. The van der Waals surface area contributed by atoms with Crippen molar-refractivity contribution in [1.29, 1.82) is 0 Å². The molecule has 1 aliphatic carbocycles. The first-order valence-electron chi connectivity index (χ1n) is 6.93. The third kappa shape index (κ3) is 3.74. The molecule has 0 aliphatic heterocycles. The van der Waals surface area contributed by atoms with Crippen molar-refractivity contribution in [1.82, 2.24) is 5.32 Å². The maximum Gasteiger partial charge on any atom is 0.0587 e. The molecule has 0 aromatic heterocycles. The number of hydrogen-bond acceptors (Lipinski definition) is 2. The van der Waals surface area contributed by atoms with Crippen LogP contribution in [0, 0.1) is 17.8 Å². The molecule has 1 rings (SSSR count). The standard InChI is InChI=1S/C14H29NO/c1-10(2)12-7-5-6-8-13(12)15-14(9-16)11(3)4/h10-16H,5-9H2,1-4H3/t12?,13?,14-/m1/s1.